The van der Waals surface area contributed by atoms with Crippen molar-refractivity contribution in [2.45, 2.75) is 90.1 Å². The van der Waals surface area contributed by atoms with Crippen LogP contribution in [0.4, 0.5) is 0 Å². The zero-order valence-electron chi connectivity index (χ0n) is 16.0. The lowest BCUT2D eigenvalue weighted by atomic mass is 10.1. The Kier molecular flexibility index (Phi) is 18.3. The summed E-state index contributed by atoms with van der Waals surface area (Å²) in [5.74, 6) is -0.311. The van der Waals surface area contributed by atoms with Gasteiger partial charge in [0, 0.05) is 6.42 Å². The molecule has 2 N–H and O–H groups in total. The Bertz CT molecular complexity index is 350. The third kappa shape index (κ3) is 19.0. The van der Waals surface area contributed by atoms with Gasteiger partial charge in [0.1, 0.15) is 12.7 Å². The van der Waals surface area contributed by atoms with Crippen LogP contribution in [0.1, 0.15) is 84.0 Å². The molecule has 4 heteroatoms. The van der Waals surface area contributed by atoms with E-state index in [1.165, 1.54) is 44.9 Å². The fraction of sp³-hybridized carbons (Fsp3) is 0.762. The van der Waals surface area contributed by atoms with Crippen LogP contribution in [0.2, 0.25) is 0 Å². The van der Waals surface area contributed by atoms with Crippen LogP contribution < -0.4 is 0 Å². The molecule has 0 aromatic heterocycles. The first-order chi connectivity index (χ1) is 12.2. The van der Waals surface area contributed by atoms with Crippen LogP contribution in [0.15, 0.2) is 24.3 Å². The van der Waals surface area contributed by atoms with E-state index < -0.39 is 6.10 Å². The molecule has 0 aromatic rings. The molecule has 0 aliphatic carbocycles. The average molecular weight is 355 g/mol. The van der Waals surface area contributed by atoms with Crippen molar-refractivity contribution in [3.8, 4) is 0 Å². The minimum atomic E-state index is -0.971. The maximum Gasteiger partial charge on any atom is 0.305 e. The lowest BCUT2D eigenvalue weighted by Gasteiger charge is -2.07. The zero-order valence-corrected chi connectivity index (χ0v) is 16.0. The van der Waals surface area contributed by atoms with Crippen molar-refractivity contribution in [1.29, 1.82) is 0 Å². The summed E-state index contributed by atoms with van der Waals surface area (Å²) in [4.78, 5) is 11.4. The molecule has 0 aromatic carbocycles. The number of hydrogen-bond acceptors (Lipinski definition) is 4. The van der Waals surface area contributed by atoms with Crippen molar-refractivity contribution in [3.63, 3.8) is 0 Å². The molecule has 25 heavy (non-hydrogen) atoms. The van der Waals surface area contributed by atoms with Crippen LogP contribution in [0.3, 0.4) is 0 Å². The number of rotatable bonds is 17. The molecular formula is C21H38O4. The number of carbonyl (C=O) groups excluding carboxylic acids is 1. The van der Waals surface area contributed by atoms with Crippen molar-refractivity contribution in [1.82, 2.24) is 0 Å². The number of allylic oxidation sites excluding steroid dienone is 4. The van der Waals surface area contributed by atoms with E-state index in [0.29, 0.717) is 6.42 Å². The average Bonchev–Trinajstić information content (AvgIpc) is 2.62. The van der Waals surface area contributed by atoms with Gasteiger partial charge in [-0.25, -0.2) is 0 Å². The van der Waals surface area contributed by atoms with Gasteiger partial charge >= 0.3 is 5.97 Å². The van der Waals surface area contributed by atoms with E-state index in [1.54, 1.807) is 0 Å². The standard InChI is InChI=1S/C21H38O4/c1-2-3-4-5-6-7-8-9-10-11-12-13-14-15-16-17-21(24)25-19-20(23)18-22/h9-10,12-13,20,22-23H,2-8,11,14-19H2,1H3/b10-9+,13-12+/t20-/m0/s1. The fourth-order valence-electron chi connectivity index (χ4n) is 2.39. The Labute approximate surface area is 154 Å². The summed E-state index contributed by atoms with van der Waals surface area (Å²) in [6.45, 7) is 1.74. The lowest BCUT2D eigenvalue weighted by Crippen LogP contribution is -2.21. The van der Waals surface area contributed by atoms with Gasteiger partial charge in [0.2, 0.25) is 0 Å². The van der Waals surface area contributed by atoms with E-state index in [4.69, 9.17) is 14.9 Å². The molecule has 0 aliphatic rings. The summed E-state index contributed by atoms with van der Waals surface area (Å²) < 4.78 is 4.84. The molecule has 0 saturated carbocycles. The second-order valence-electron chi connectivity index (χ2n) is 6.50. The van der Waals surface area contributed by atoms with Crippen LogP contribution in [0.5, 0.6) is 0 Å². The summed E-state index contributed by atoms with van der Waals surface area (Å²) in [6, 6.07) is 0. The predicted molar refractivity (Wildman–Crippen MR) is 103 cm³/mol. The maximum absolute atomic E-state index is 11.4. The van der Waals surface area contributed by atoms with E-state index >= 15 is 0 Å². The van der Waals surface area contributed by atoms with E-state index in [9.17, 15) is 4.79 Å². The van der Waals surface area contributed by atoms with Crippen LogP contribution in [-0.2, 0) is 9.53 Å². The molecule has 0 saturated heterocycles. The second kappa shape index (κ2) is 19.2. The summed E-state index contributed by atoms with van der Waals surface area (Å²) in [5.41, 5.74) is 0. The number of aliphatic hydroxyl groups excluding tert-OH is 2. The van der Waals surface area contributed by atoms with E-state index in [2.05, 4.69) is 31.2 Å². The third-order valence-corrected chi connectivity index (χ3v) is 3.98. The Morgan fingerprint density at radius 2 is 1.52 bits per heavy atom. The molecule has 0 bridgehead atoms. The van der Waals surface area contributed by atoms with Crippen LogP contribution in [0, 0.1) is 0 Å². The molecule has 0 radical (unpaired) electrons. The number of esters is 1. The summed E-state index contributed by atoms with van der Waals surface area (Å²) >= 11 is 0. The van der Waals surface area contributed by atoms with Crippen LogP contribution in [-0.4, -0.2) is 35.5 Å². The van der Waals surface area contributed by atoms with Crippen LogP contribution >= 0.6 is 0 Å². The topological polar surface area (TPSA) is 66.8 Å². The van der Waals surface area contributed by atoms with E-state index in [-0.39, 0.29) is 19.2 Å². The molecule has 146 valence electrons. The molecule has 0 rings (SSSR count). The van der Waals surface area contributed by atoms with Crippen LogP contribution in [0.25, 0.3) is 0 Å². The largest absolute Gasteiger partial charge is 0.463 e. The Balaban J connectivity index is 3.34. The van der Waals surface area contributed by atoms with E-state index in [1.807, 2.05) is 0 Å². The minimum Gasteiger partial charge on any atom is -0.463 e. The highest BCUT2D eigenvalue weighted by atomic mass is 16.5. The Hall–Kier alpha value is -1.13. The SMILES string of the molecule is CCCCCCCC/C=C/C/C=C/CCCCC(=O)OC[C@@H](O)CO. The number of carbonyl (C=O) groups is 1. The van der Waals surface area contributed by atoms with Gasteiger partial charge in [-0.1, -0.05) is 63.3 Å². The van der Waals surface area contributed by atoms with Gasteiger partial charge in [0.15, 0.2) is 0 Å². The van der Waals surface area contributed by atoms with Crippen molar-refractivity contribution < 1.29 is 19.7 Å². The van der Waals surface area contributed by atoms with Gasteiger partial charge in [-0.3, -0.25) is 4.79 Å². The normalized spacial score (nSPS) is 12.9. The highest BCUT2D eigenvalue weighted by molar-refractivity contribution is 5.69. The monoisotopic (exact) mass is 354 g/mol. The van der Waals surface area contributed by atoms with E-state index in [0.717, 1.165) is 25.7 Å². The first kappa shape index (κ1) is 23.9. The van der Waals surface area contributed by atoms with Gasteiger partial charge in [-0.2, -0.15) is 0 Å². The molecule has 0 aliphatic heterocycles. The lowest BCUT2D eigenvalue weighted by molar-refractivity contribution is -0.147. The molecule has 0 fully saturated rings. The number of ether oxygens (including phenoxy) is 1. The zero-order chi connectivity index (χ0) is 18.6. The summed E-state index contributed by atoms with van der Waals surface area (Å²) in [6.07, 6.45) is 21.2. The first-order valence-corrected chi connectivity index (χ1v) is 9.95. The molecule has 4 nitrogen and oxygen atoms in total. The van der Waals surface area contributed by atoms with Gasteiger partial charge in [-0.05, 0) is 38.5 Å². The highest BCUT2D eigenvalue weighted by Gasteiger charge is 2.06. The number of hydrogen-bond donors (Lipinski definition) is 2. The highest BCUT2D eigenvalue weighted by Crippen LogP contribution is 2.07. The van der Waals surface area contributed by atoms with Crippen molar-refractivity contribution in [3.05, 3.63) is 24.3 Å². The molecular weight excluding hydrogens is 316 g/mol. The smallest absolute Gasteiger partial charge is 0.305 e. The van der Waals surface area contributed by atoms with Crippen molar-refractivity contribution in [2.24, 2.45) is 0 Å². The third-order valence-electron chi connectivity index (χ3n) is 3.98. The van der Waals surface area contributed by atoms with Gasteiger partial charge in [0.25, 0.3) is 0 Å². The fourth-order valence-corrected chi connectivity index (χ4v) is 2.39. The van der Waals surface area contributed by atoms with Gasteiger partial charge in [-0.15, -0.1) is 0 Å². The van der Waals surface area contributed by atoms with Gasteiger partial charge in [0.05, 0.1) is 6.61 Å². The number of aliphatic hydroxyl groups is 2. The first-order valence-electron chi connectivity index (χ1n) is 9.95. The molecule has 0 spiro atoms. The van der Waals surface area contributed by atoms with Crippen molar-refractivity contribution >= 4 is 5.97 Å². The maximum atomic E-state index is 11.4. The molecule has 0 heterocycles. The molecule has 0 amide bonds. The van der Waals surface area contributed by atoms with Crippen molar-refractivity contribution in [2.75, 3.05) is 13.2 Å². The summed E-state index contributed by atoms with van der Waals surface area (Å²) in [5, 5.41) is 17.7. The summed E-state index contributed by atoms with van der Waals surface area (Å²) in [7, 11) is 0. The minimum absolute atomic E-state index is 0.125. The predicted octanol–water partition coefficient (Wildman–Crippen LogP) is 4.70. The quantitative estimate of drug-likeness (QED) is 0.226. The second-order valence-corrected chi connectivity index (χ2v) is 6.50. The molecule has 1 atom stereocenters. The number of unbranched alkanes of at least 4 members (excludes halogenated alkanes) is 8. The van der Waals surface area contributed by atoms with Gasteiger partial charge < -0.3 is 14.9 Å². The molecule has 0 unspecified atom stereocenters. The Morgan fingerprint density at radius 1 is 0.920 bits per heavy atom. The Morgan fingerprint density at radius 3 is 2.16 bits per heavy atom.